The molecule has 2 aromatic heterocycles. The number of carbonyl (C=O) groups is 1. The molecule has 0 atom stereocenters. The highest BCUT2D eigenvalue weighted by Gasteiger charge is 2.23. The van der Waals surface area contributed by atoms with Crippen LogP contribution in [0.2, 0.25) is 0 Å². The molecule has 1 aliphatic rings. The minimum Gasteiger partial charge on any atom is -0.335 e. The van der Waals surface area contributed by atoms with Gasteiger partial charge < -0.3 is 4.90 Å². The van der Waals surface area contributed by atoms with Gasteiger partial charge >= 0.3 is 0 Å². The largest absolute Gasteiger partial charge is 0.335 e. The van der Waals surface area contributed by atoms with Gasteiger partial charge in [0.15, 0.2) is 0 Å². The van der Waals surface area contributed by atoms with E-state index in [-0.39, 0.29) is 5.91 Å². The van der Waals surface area contributed by atoms with Crippen LogP contribution in [0.25, 0.3) is 0 Å². The molecule has 0 radical (unpaired) electrons. The molecule has 4 nitrogen and oxygen atoms in total. The van der Waals surface area contributed by atoms with Crippen molar-refractivity contribution in [2.75, 3.05) is 26.2 Å². The van der Waals surface area contributed by atoms with Gasteiger partial charge in [0.05, 0.1) is 16.1 Å². The summed E-state index contributed by atoms with van der Waals surface area (Å²) >= 11 is 3.21. The van der Waals surface area contributed by atoms with E-state index < -0.39 is 0 Å². The number of thiazole rings is 1. The fourth-order valence-electron chi connectivity index (χ4n) is 2.36. The van der Waals surface area contributed by atoms with Crippen LogP contribution in [0.4, 0.5) is 0 Å². The molecule has 0 spiro atoms. The van der Waals surface area contributed by atoms with Gasteiger partial charge in [-0.3, -0.25) is 9.69 Å². The minimum atomic E-state index is 0.177. The van der Waals surface area contributed by atoms with Crippen molar-refractivity contribution in [2.45, 2.75) is 13.5 Å². The van der Waals surface area contributed by atoms with Crippen LogP contribution in [0.5, 0.6) is 0 Å². The molecule has 3 heterocycles. The van der Waals surface area contributed by atoms with Gasteiger partial charge in [-0.2, -0.15) is 0 Å². The van der Waals surface area contributed by atoms with Crippen molar-refractivity contribution in [2.24, 2.45) is 0 Å². The van der Waals surface area contributed by atoms with E-state index in [1.165, 1.54) is 4.88 Å². The zero-order valence-corrected chi connectivity index (χ0v) is 13.0. The van der Waals surface area contributed by atoms with Crippen LogP contribution in [-0.2, 0) is 6.54 Å². The first-order chi connectivity index (χ1) is 9.72. The lowest BCUT2D eigenvalue weighted by atomic mass is 10.2. The number of amides is 1. The molecule has 0 unspecified atom stereocenters. The van der Waals surface area contributed by atoms with Crippen molar-refractivity contribution in [1.29, 1.82) is 0 Å². The summed E-state index contributed by atoms with van der Waals surface area (Å²) in [7, 11) is 0. The Kier molecular flexibility index (Phi) is 4.14. The highest BCUT2D eigenvalue weighted by molar-refractivity contribution is 7.13. The fourth-order valence-corrected chi connectivity index (χ4v) is 3.74. The summed E-state index contributed by atoms with van der Waals surface area (Å²) in [6, 6.07) is 3.94. The number of hydrogen-bond acceptors (Lipinski definition) is 5. The maximum absolute atomic E-state index is 12.3. The molecule has 1 aliphatic heterocycles. The second-order valence-electron chi connectivity index (χ2n) is 4.96. The molecule has 0 N–H and O–H groups in total. The summed E-state index contributed by atoms with van der Waals surface area (Å²) in [5.41, 5.74) is 3.00. The van der Waals surface area contributed by atoms with E-state index in [0.717, 1.165) is 43.3 Å². The SMILES string of the molecule is Cc1ccc(C(=O)N2CCN(Cc3cscn3)CC2)s1. The third kappa shape index (κ3) is 3.08. The van der Waals surface area contributed by atoms with Crippen LogP contribution < -0.4 is 0 Å². The van der Waals surface area contributed by atoms with Gasteiger partial charge in [0, 0.05) is 43.0 Å². The van der Waals surface area contributed by atoms with Crippen LogP contribution in [-0.4, -0.2) is 46.9 Å². The average molecular weight is 307 g/mol. The summed E-state index contributed by atoms with van der Waals surface area (Å²) in [6.07, 6.45) is 0. The van der Waals surface area contributed by atoms with Crippen LogP contribution in [0, 0.1) is 6.92 Å². The van der Waals surface area contributed by atoms with Crippen LogP contribution in [0.15, 0.2) is 23.0 Å². The molecule has 0 aromatic carbocycles. The van der Waals surface area contributed by atoms with E-state index in [1.54, 1.807) is 22.7 Å². The van der Waals surface area contributed by atoms with E-state index in [4.69, 9.17) is 0 Å². The van der Waals surface area contributed by atoms with E-state index in [1.807, 2.05) is 29.5 Å². The van der Waals surface area contributed by atoms with E-state index in [2.05, 4.69) is 15.3 Å². The summed E-state index contributed by atoms with van der Waals surface area (Å²) in [4.78, 5) is 23.0. The molecule has 1 saturated heterocycles. The number of thiophene rings is 1. The Hall–Kier alpha value is -1.24. The summed E-state index contributed by atoms with van der Waals surface area (Å²) in [5, 5.41) is 2.09. The second kappa shape index (κ2) is 6.03. The Morgan fingerprint density at radius 3 is 2.70 bits per heavy atom. The molecule has 1 fully saturated rings. The molecular formula is C14H17N3OS2. The van der Waals surface area contributed by atoms with Crippen molar-refractivity contribution in [3.05, 3.63) is 38.5 Å². The van der Waals surface area contributed by atoms with Crippen LogP contribution in [0.3, 0.4) is 0 Å². The first-order valence-corrected chi connectivity index (χ1v) is 8.43. The fraction of sp³-hybridized carbons (Fsp3) is 0.429. The van der Waals surface area contributed by atoms with Gasteiger partial charge in [0.2, 0.25) is 0 Å². The summed E-state index contributed by atoms with van der Waals surface area (Å²) in [6.45, 7) is 6.39. The number of aromatic nitrogens is 1. The van der Waals surface area contributed by atoms with E-state index >= 15 is 0 Å². The van der Waals surface area contributed by atoms with E-state index in [9.17, 15) is 4.79 Å². The Bertz CT molecular complexity index is 571. The van der Waals surface area contributed by atoms with E-state index in [0.29, 0.717) is 0 Å². The van der Waals surface area contributed by atoms with Gasteiger partial charge in [-0.1, -0.05) is 0 Å². The number of aryl methyl sites for hydroxylation is 1. The molecule has 106 valence electrons. The maximum Gasteiger partial charge on any atom is 0.264 e. The summed E-state index contributed by atoms with van der Waals surface area (Å²) in [5.74, 6) is 0.177. The van der Waals surface area contributed by atoms with Crippen molar-refractivity contribution in [3.8, 4) is 0 Å². The van der Waals surface area contributed by atoms with Gasteiger partial charge in [-0.05, 0) is 19.1 Å². The smallest absolute Gasteiger partial charge is 0.264 e. The third-order valence-corrected chi connectivity index (χ3v) is 5.10. The Morgan fingerprint density at radius 2 is 2.10 bits per heavy atom. The number of nitrogens with zero attached hydrogens (tertiary/aromatic N) is 3. The predicted octanol–water partition coefficient (Wildman–Crippen LogP) is 2.47. The number of piperazine rings is 1. The molecular weight excluding hydrogens is 290 g/mol. The van der Waals surface area contributed by atoms with Crippen molar-refractivity contribution >= 4 is 28.6 Å². The molecule has 2 aromatic rings. The van der Waals surface area contributed by atoms with Gasteiger partial charge in [0.1, 0.15) is 0 Å². The second-order valence-corrected chi connectivity index (χ2v) is 6.97. The average Bonchev–Trinajstić information content (AvgIpc) is 3.10. The third-order valence-electron chi connectivity index (χ3n) is 3.48. The van der Waals surface area contributed by atoms with Gasteiger partial charge in [-0.25, -0.2) is 4.98 Å². The van der Waals surface area contributed by atoms with Gasteiger partial charge in [0.25, 0.3) is 5.91 Å². The molecule has 0 bridgehead atoms. The van der Waals surface area contributed by atoms with Gasteiger partial charge in [-0.15, -0.1) is 22.7 Å². The Balaban J connectivity index is 1.54. The number of rotatable bonds is 3. The Morgan fingerprint density at radius 1 is 1.30 bits per heavy atom. The topological polar surface area (TPSA) is 36.4 Å². The quantitative estimate of drug-likeness (QED) is 0.874. The lowest BCUT2D eigenvalue weighted by Crippen LogP contribution is -2.48. The zero-order valence-electron chi connectivity index (χ0n) is 11.4. The molecule has 0 aliphatic carbocycles. The zero-order chi connectivity index (χ0) is 13.9. The lowest BCUT2D eigenvalue weighted by molar-refractivity contribution is 0.0632. The molecule has 3 rings (SSSR count). The highest BCUT2D eigenvalue weighted by atomic mass is 32.1. The van der Waals surface area contributed by atoms with Crippen molar-refractivity contribution in [1.82, 2.24) is 14.8 Å². The number of hydrogen-bond donors (Lipinski definition) is 0. The van der Waals surface area contributed by atoms with Crippen molar-refractivity contribution < 1.29 is 4.79 Å². The molecule has 20 heavy (non-hydrogen) atoms. The highest BCUT2D eigenvalue weighted by Crippen LogP contribution is 2.18. The standard InChI is InChI=1S/C14H17N3OS2/c1-11-2-3-13(20-11)14(18)17-6-4-16(5-7-17)8-12-9-19-10-15-12/h2-3,9-10H,4-8H2,1H3. The normalized spacial score (nSPS) is 16.6. The molecule has 1 amide bonds. The maximum atomic E-state index is 12.3. The monoisotopic (exact) mass is 307 g/mol. The van der Waals surface area contributed by atoms with Crippen LogP contribution >= 0.6 is 22.7 Å². The first-order valence-electron chi connectivity index (χ1n) is 6.67. The number of carbonyl (C=O) groups excluding carboxylic acids is 1. The van der Waals surface area contributed by atoms with Crippen LogP contribution in [0.1, 0.15) is 20.2 Å². The molecule has 0 saturated carbocycles. The Labute approximate surface area is 126 Å². The summed E-state index contributed by atoms with van der Waals surface area (Å²) < 4.78 is 0. The first kappa shape index (κ1) is 13.7. The molecule has 6 heteroatoms. The predicted molar refractivity (Wildman–Crippen MR) is 82.4 cm³/mol. The lowest BCUT2D eigenvalue weighted by Gasteiger charge is -2.34. The van der Waals surface area contributed by atoms with Crippen molar-refractivity contribution in [3.63, 3.8) is 0 Å². The minimum absolute atomic E-state index is 0.177.